The van der Waals surface area contributed by atoms with Crippen LogP contribution in [0.5, 0.6) is 0 Å². The van der Waals surface area contributed by atoms with Crippen molar-refractivity contribution in [3.63, 3.8) is 0 Å². The maximum absolute atomic E-state index is 10.9. The fourth-order valence-electron chi connectivity index (χ4n) is 3.52. The first-order valence-corrected chi connectivity index (χ1v) is 6.62. The molecular weight excluding hydrogens is 212 g/mol. The van der Waals surface area contributed by atoms with E-state index in [1.807, 2.05) is 6.08 Å². The summed E-state index contributed by atoms with van der Waals surface area (Å²) in [7, 11) is 0. The zero-order chi connectivity index (χ0) is 12.6. The van der Waals surface area contributed by atoms with Crippen molar-refractivity contribution in [1.29, 1.82) is 0 Å². The van der Waals surface area contributed by atoms with Gasteiger partial charge in [0.1, 0.15) is 0 Å². The Morgan fingerprint density at radius 2 is 2.06 bits per heavy atom. The molecule has 0 aliphatic heterocycles. The fraction of sp³-hybridized carbons (Fsp3) is 0.667. The highest BCUT2D eigenvalue weighted by molar-refractivity contribution is 5.85. The molecular formula is C15H22O2. The molecule has 2 rings (SSSR count). The lowest BCUT2D eigenvalue weighted by Gasteiger charge is -2.34. The second-order valence-electron chi connectivity index (χ2n) is 5.70. The average Bonchev–Trinajstić information content (AvgIpc) is 2.66. The number of rotatable bonds is 2. The molecule has 2 aliphatic rings. The molecule has 2 aliphatic carbocycles. The van der Waals surface area contributed by atoms with Gasteiger partial charge in [-0.05, 0) is 57.3 Å². The first kappa shape index (κ1) is 12.4. The van der Waals surface area contributed by atoms with Crippen molar-refractivity contribution in [2.45, 2.75) is 46.5 Å². The van der Waals surface area contributed by atoms with Crippen molar-refractivity contribution in [2.24, 2.45) is 17.8 Å². The van der Waals surface area contributed by atoms with Gasteiger partial charge in [-0.2, -0.15) is 0 Å². The van der Waals surface area contributed by atoms with Crippen molar-refractivity contribution < 1.29 is 9.90 Å². The number of hydrogen-bond acceptors (Lipinski definition) is 1. The van der Waals surface area contributed by atoms with Crippen LogP contribution >= 0.6 is 0 Å². The molecule has 1 N–H and O–H groups in total. The van der Waals surface area contributed by atoms with Gasteiger partial charge >= 0.3 is 5.97 Å². The summed E-state index contributed by atoms with van der Waals surface area (Å²) in [6.45, 7) is 6.28. The Labute approximate surface area is 103 Å². The monoisotopic (exact) mass is 234 g/mol. The van der Waals surface area contributed by atoms with Crippen LogP contribution < -0.4 is 0 Å². The summed E-state index contributed by atoms with van der Waals surface area (Å²) < 4.78 is 0. The van der Waals surface area contributed by atoms with Gasteiger partial charge in [0.2, 0.25) is 0 Å². The van der Waals surface area contributed by atoms with Gasteiger partial charge in [-0.15, -0.1) is 0 Å². The Hall–Kier alpha value is -1.05. The van der Waals surface area contributed by atoms with Gasteiger partial charge in [0, 0.05) is 5.57 Å². The van der Waals surface area contributed by atoms with Crippen molar-refractivity contribution in [1.82, 2.24) is 0 Å². The van der Waals surface area contributed by atoms with Crippen LogP contribution in [0.25, 0.3) is 0 Å². The molecule has 0 radical (unpaired) electrons. The van der Waals surface area contributed by atoms with Gasteiger partial charge in [0.15, 0.2) is 0 Å². The van der Waals surface area contributed by atoms with Crippen molar-refractivity contribution in [2.75, 3.05) is 0 Å². The van der Waals surface area contributed by atoms with Gasteiger partial charge < -0.3 is 5.11 Å². The smallest absolute Gasteiger partial charge is 0.330 e. The van der Waals surface area contributed by atoms with Crippen LogP contribution in [0.4, 0.5) is 0 Å². The third kappa shape index (κ3) is 2.31. The van der Waals surface area contributed by atoms with Crippen LogP contribution in [-0.4, -0.2) is 11.1 Å². The van der Waals surface area contributed by atoms with Crippen LogP contribution in [0.3, 0.4) is 0 Å². The van der Waals surface area contributed by atoms with Crippen LogP contribution in [0.1, 0.15) is 46.5 Å². The molecule has 0 amide bonds. The van der Waals surface area contributed by atoms with Crippen molar-refractivity contribution >= 4 is 5.97 Å². The first-order valence-electron chi connectivity index (χ1n) is 6.62. The number of allylic oxidation sites excluding steroid dienone is 3. The summed E-state index contributed by atoms with van der Waals surface area (Å²) in [6, 6.07) is 0. The number of carboxylic acid groups (broad SMARTS) is 1. The highest BCUT2D eigenvalue weighted by Gasteiger charge is 2.35. The van der Waals surface area contributed by atoms with E-state index in [4.69, 9.17) is 5.11 Å². The molecule has 0 bridgehead atoms. The number of carbonyl (C=O) groups is 1. The molecule has 0 aromatic rings. The molecule has 1 saturated carbocycles. The predicted molar refractivity (Wildman–Crippen MR) is 68.7 cm³/mol. The van der Waals surface area contributed by atoms with Gasteiger partial charge in [0.25, 0.3) is 0 Å². The molecule has 1 fully saturated rings. The molecule has 17 heavy (non-hydrogen) atoms. The average molecular weight is 234 g/mol. The topological polar surface area (TPSA) is 37.3 Å². The molecule has 0 unspecified atom stereocenters. The lowest BCUT2D eigenvalue weighted by molar-refractivity contribution is -0.132. The van der Waals surface area contributed by atoms with E-state index in [-0.39, 0.29) is 0 Å². The van der Waals surface area contributed by atoms with E-state index in [2.05, 4.69) is 13.8 Å². The standard InChI is InChI=1S/C15H22O2/c1-9-4-6-12(8-11(3)15(16)17)14-10(2)5-7-13(9)14/h8-9,12-13H,4-7H2,1-3H3,(H,16,17)/b11-8+/t9-,12-,13+/m1/s1. The maximum Gasteiger partial charge on any atom is 0.330 e. The van der Waals surface area contributed by atoms with E-state index < -0.39 is 5.97 Å². The van der Waals surface area contributed by atoms with Crippen LogP contribution in [-0.2, 0) is 4.79 Å². The lowest BCUT2D eigenvalue weighted by atomic mass is 9.71. The van der Waals surface area contributed by atoms with Gasteiger partial charge in [0.05, 0.1) is 0 Å². The molecule has 94 valence electrons. The second kappa shape index (κ2) is 4.67. The van der Waals surface area contributed by atoms with E-state index >= 15 is 0 Å². The minimum absolute atomic E-state index is 0.384. The Balaban J connectivity index is 2.27. The summed E-state index contributed by atoms with van der Waals surface area (Å²) in [6.07, 6.45) is 6.81. The largest absolute Gasteiger partial charge is 0.478 e. The van der Waals surface area contributed by atoms with E-state index in [9.17, 15) is 4.79 Å². The first-order chi connectivity index (χ1) is 8.00. The second-order valence-corrected chi connectivity index (χ2v) is 5.70. The molecule has 0 heterocycles. The Morgan fingerprint density at radius 3 is 2.71 bits per heavy atom. The van der Waals surface area contributed by atoms with Crippen LogP contribution in [0, 0.1) is 17.8 Å². The summed E-state index contributed by atoms with van der Waals surface area (Å²) in [5.41, 5.74) is 3.57. The van der Waals surface area contributed by atoms with Crippen LogP contribution in [0.15, 0.2) is 22.8 Å². The van der Waals surface area contributed by atoms with Crippen molar-refractivity contribution in [3.05, 3.63) is 22.8 Å². The highest BCUT2D eigenvalue weighted by atomic mass is 16.4. The van der Waals surface area contributed by atoms with Gasteiger partial charge in [-0.25, -0.2) is 4.79 Å². The molecule has 2 nitrogen and oxygen atoms in total. The van der Waals surface area contributed by atoms with Crippen molar-refractivity contribution in [3.8, 4) is 0 Å². The van der Waals surface area contributed by atoms with E-state index in [0.717, 1.165) is 12.3 Å². The molecule has 0 saturated heterocycles. The lowest BCUT2D eigenvalue weighted by Crippen LogP contribution is -2.23. The third-order valence-corrected chi connectivity index (χ3v) is 4.53. The molecule has 0 spiro atoms. The van der Waals surface area contributed by atoms with E-state index in [0.29, 0.717) is 17.4 Å². The van der Waals surface area contributed by atoms with Gasteiger partial charge in [-0.1, -0.05) is 24.1 Å². The predicted octanol–water partition coefficient (Wildman–Crippen LogP) is 3.79. The maximum atomic E-state index is 10.9. The number of fused-ring (bicyclic) bond motifs is 1. The number of aliphatic carboxylic acids is 1. The van der Waals surface area contributed by atoms with E-state index in [1.165, 1.54) is 24.8 Å². The fourth-order valence-corrected chi connectivity index (χ4v) is 3.52. The van der Waals surface area contributed by atoms with Gasteiger partial charge in [-0.3, -0.25) is 0 Å². The zero-order valence-corrected chi connectivity index (χ0v) is 11.0. The quantitative estimate of drug-likeness (QED) is 0.583. The Kier molecular flexibility index (Phi) is 3.41. The third-order valence-electron chi connectivity index (χ3n) is 4.53. The summed E-state index contributed by atoms with van der Waals surface area (Å²) in [4.78, 5) is 10.9. The van der Waals surface area contributed by atoms with Crippen LogP contribution in [0.2, 0.25) is 0 Å². The Bertz CT molecular complexity index is 390. The summed E-state index contributed by atoms with van der Waals surface area (Å²) >= 11 is 0. The summed E-state index contributed by atoms with van der Waals surface area (Å²) in [5, 5.41) is 8.99. The Morgan fingerprint density at radius 1 is 1.35 bits per heavy atom. The summed E-state index contributed by atoms with van der Waals surface area (Å²) in [5.74, 6) is 1.09. The van der Waals surface area contributed by atoms with E-state index in [1.54, 1.807) is 12.5 Å². The molecule has 2 heteroatoms. The SMILES string of the molecule is CC1=C2[C@@H](CC1)[C@H](C)CC[C@@H]2/C=C(\C)C(=O)O. The minimum Gasteiger partial charge on any atom is -0.478 e. The molecule has 0 aromatic carbocycles. The minimum atomic E-state index is -0.781. The highest BCUT2D eigenvalue weighted by Crippen LogP contribution is 2.48. The normalized spacial score (nSPS) is 33.8. The molecule has 0 aromatic heterocycles. The molecule has 3 atom stereocenters. The number of hydrogen-bond donors (Lipinski definition) is 1. The zero-order valence-electron chi connectivity index (χ0n) is 11.0. The number of carboxylic acids is 1.